The van der Waals surface area contributed by atoms with Crippen molar-refractivity contribution >= 4 is 28.4 Å². The van der Waals surface area contributed by atoms with Crippen LogP contribution in [0.15, 0.2) is 24.3 Å². The van der Waals surface area contributed by atoms with Gasteiger partial charge in [-0.25, -0.2) is 0 Å². The average Bonchev–Trinajstić information content (AvgIpc) is 2.49. The number of fused-ring (bicyclic) bond motifs is 1. The summed E-state index contributed by atoms with van der Waals surface area (Å²) in [6, 6.07) is 7.74. The fourth-order valence-electron chi connectivity index (χ4n) is 3.14. The molecule has 1 N–H and O–H groups in total. The number of amides is 1. The number of pyridine rings is 1. The molecule has 3 nitrogen and oxygen atoms in total. The van der Waals surface area contributed by atoms with Crippen molar-refractivity contribution in [1.29, 1.82) is 0 Å². The van der Waals surface area contributed by atoms with Crippen LogP contribution >= 0.6 is 11.6 Å². The smallest absolute Gasteiger partial charge is 0.253 e. The molecule has 0 radical (unpaired) electrons. The summed E-state index contributed by atoms with van der Waals surface area (Å²) in [5.41, 5.74) is 2.27. The van der Waals surface area contributed by atoms with Crippen molar-refractivity contribution in [1.82, 2.24) is 10.3 Å². The minimum Gasteiger partial charge on any atom is -0.349 e. The quantitative estimate of drug-likeness (QED) is 0.886. The van der Waals surface area contributed by atoms with Gasteiger partial charge in [0.1, 0.15) is 0 Å². The Hall–Kier alpha value is -1.61. The van der Waals surface area contributed by atoms with E-state index in [1.807, 2.05) is 31.2 Å². The Bertz CT molecular complexity index is 706. The third-order valence-corrected chi connectivity index (χ3v) is 4.80. The molecule has 3 rings (SSSR count). The molecule has 1 aliphatic rings. The number of hydrogen-bond acceptors (Lipinski definition) is 2. The van der Waals surface area contributed by atoms with Crippen LogP contribution in [0.25, 0.3) is 10.9 Å². The van der Waals surface area contributed by atoms with Gasteiger partial charge in [0.05, 0.1) is 16.8 Å². The van der Waals surface area contributed by atoms with Crippen LogP contribution in [0.2, 0.25) is 5.02 Å². The van der Waals surface area contributed by atoms with E-state index in [1.54, 1.807) is 0 Å². The molecule has 1 aromatic heterocycles. The second kappa shape index (κ2) is 6.25. The van der Waals surface area contributed by atoms with E-state index in [4.69, 9.17) is 11.6 Å². The van der Waals surface area contributed by atoms with Crippen molar-refractivity contribution in [3.63, 3.8) is 0 Å². The zero-order chi connectivity index (χ0) is 15.7. The topological polar surface area (TPSA) is 42.0 Å². The summed E-state index contributed by atoms with van der Waals surface area (Å²) in [6.07, 6.45) is 4.52. The predicted molar refractivity (Wildman–Crippen MR) is 90.4 cm³/mol. The van der Waals surface area contributed by atoms with Gasteiger partial charge in [0.25, 0.3) is 5.91 Å². The van der Waals surface area contributed by atoms with Crippen LogP contribution < -0.4 is 5.32 Å². The van der Waals surface area contributed by atoms with Crippen LogP contribution in [-0.2, 0) is 0 Å². The Labute approximate surface area is 136 Å². The van der Waals surface area contributed by atoms with E-state index in [1.165, 1.54) is 12.8 Å². The second-order valence-corrected chi connectivity index (χ2v) is 6.83. The normalized spacial score (nSPS) is 21.8. The first kappa shape index (κ1) is 15.3. The molecule has 1 aliphatic carbocycles. The van der Waals surface area contributed by atoms with Crippen LogP contribution in [-0.4, -0.2) is 16.9 Å². The molecule has 0 bridgehead atoms. The Morgan fingerprint density at radius 3 is 2.68 bits per heavy atom. The summed E-state index contributed by atoms with van der Waals surface area (Å²) >= 11 is 6.03. The number of carbonyl (C=O) groups excluding carboxylic acids is 1. The van der Waals surface area contributed by atoms with Crippen molar-refractivity contribution in [2.24, 2.45) is 5.92 Å². The van der Waals surface area contributed by atoms with Gasteiger partial charge in [-0.2, -0.15) is 0 Å². The first-order chi connectivity index (χ1) is 10.5. The van der Waals surface area contributed by atoms with Crippen molar-refractivity contribution < 1.29 is 4.79 Å². The highest BCUT2D eigenvalue weighted by Gasteiger charge is 2.21. The molecule has 4 heteroatoms. The summed E-state index contributed by atoms with van der Waals surface area (Å²) in [7, 11) is 0. The standard InChI is InChI=1S/C18H21ClN2O/c1-11-3-6-15(7-4-11)21-18(22)16-10-13-9-14(19)5-8-17(13)20-12(16)2/h5,8-11,15H,3-4,6-7H2,1-2H3,(H,21,22). The molecular weight excluding hydrogens is 296 g/mol. The number of halogens is 1. The number of aryl methyl sites for hydroxylation is 1. The third kappa shape index (κ3) is 3.25. The first-order valence-corrected chi connectivity index (χ1v) is 8.28. The predicted octanol–water partition coefficient (Wildman–Crippen LogP) is 4.51. The van der Waals surface area contributed by atoms with Gasteiger partial charge in [0.2, 0.25) is 0 Å². The minimum atomic E-state index is -0.0218. The highest BCUT2D eigenvalue weighted by molar-refractivity contribution is 6.31. The fourth-order valence-corrected chi connectivity index (χ4v) is 3.32. The summed E-state index contributed by atoms with van der Waals surface area (Å²) in [5, 5.41) is 4.73. The largest absolute Gasteiger partial charge is 0.349 e. The molecule has 1 fully saturated rings. The summed E-state index contributed by atoms with van der Waals surface area (Å²) in [4.78, 5) is 17.1. The van der Waals surface area contributed by atoms with Gasteiger partial charge in [-0.1, -0.05) is 18.5 Å². The molecule has 116 valence electrons. The highest BCUT2D eigenvalue weighted by Crippen LogP contribution is 2.24. The second-order valence-electron chi connectivity index (χ2n) is 6.39. The van der Waals surface area contributed by atoms with Gasteiger partial charge in [0, 0.05) is 16.5 Å². The Morgan fingerprint density at radius 1 is 1.23 bits per heavy atom. The van der Waals surface area contributed by atoms with Gasteiger partial charge in [-0.3, -0.25) is 9.78 Å². The maximum atomic E-state index is 12.6. The number of rotatable bonds is 2. The van der Waals surface area contributed by atoms with Gasteiger partial charge in [0.15, 0.2) is 0 Å². The number of aromatic nitrogens is 1. The zero-order valence-electron chi connectivity index (χ0n) is 13.0. The maximum Gasteiger partial charge on any atom is 0.253 e. The lowest BCUT2D eigenvalue weighted by atomic mass is 9.87. The van der Waals surface area contributed by atoms with E-state index in [0.717, 1.165) is 35.4 Å². The van der Waals surface area contributed by atoms with Crippen LogP contribution in [0, 0.1) is 12.8 Å². The van der Waals surface area contributed by atoms with E-state index in [0.29, 0.717) is 10.6 Å². The lowest BCUT2D eigenvalue weighted by Crippen LogP contribution is -2.37. The zero-order valence-corrected chi connectivity index (χ0v) is 13.8. The number of nitrogens with zero attached hydrogens (tertiary/aromatic N) is 1. The molecule has 1 heterocycles. The number of nitrogens with one attached hydrogen (secondary N) is 1. The highest BCUT2D eigenvalue weighted by atomic mass is 35.5. The molecule has 0 spiro atoms. The third-order valence-electron chi connectivity index (χ3n) is 4.56. The molecule has 1 saturated carbocycles. The Morgan fingerprint density at radius 2 is 1.95 bits per heavy atom. The number of hydrogen-bond donors (Lipinski definition) is 1. The van der Waals surface area contributed by atoms with Crippen LogP contribution in [0.3, 0.4) is 0 Å². The van der Waals surface area contributed by atoms with Gasteiger partial charge >= 0.3 is 0 Å². The minimum absolute atomic E-state index is 0.0218. The van der Waals surface area contributed by atoms with E-state index in [-0.39, 0.29) is 11.9 Å². The summed E-state index contributed by atoms with van der Waals surface area (Å²) in [5.74, 6) is 0.755. The molecule has 22 heavy (non-hydrogen) atoms. The molecule has 0 unspecified atom stereocenters. The van der Waals surface area contributed by atoms with E-state index >= 15 is 0 Å². The summed E-state index contributed by atoms with van der Waals surface area (Å²) < 4.78 is 0. The SMILES string of the molecule is Cc1nc2ccc(Cl)cc2cc1C(=O)NC1CCC(C)CC1. The van der Waals surface area contributed by atoms with Gasteiger partial charge in [-0.15, -0.1) is 0 Å². The first-order valence-electron chi connectivity index (χ1n) is 7.90. The van der Waals surface area contributed by atoms with E-state index < -0.39 is 0 Å². The monoisotopic (exact) mass is 316 g/mol. The molecular formula is C18H21ClN2O. The van der Waals surface area contributed by atoms with E-state index in [9.17, 15) is 4.79 Å². The fraction of sp³-hybridized carbons (Fsp3) is 0.444. The molecule has 0 aliphatic heterocycles. The molecule has 0 atom stereocenters. The maximum absolute atomic E-state index is 12.6. The van der Waals surface area contributed by atoms with Crippen molar-refractivity contribution in [2.75, 3.05) is 0 Å². The number of benzene rings is 1. The number of carbonyl (C=O) groups is 1. The van der Waals surface area contributed by atoms with Gasteiger partial charge in [-0.05, 0) is 62.8 Å². The molecule has 1 amide bonds. The van der Waals surface area contributed by atoms with Crippen LogP contribution in [0.5, 0.6) is 0 Å². The molecule has 0 saturated heterocycles. The molecule has 2 aromatic rings. The van der Waals surface area contributed by atoms with Crippen LogP contribution in [0.1, 0.15) is 48.7 Å². The lowest BCUT2D eigenvalue weighted by molar-refractivity contribution is 0.0922. The van der Waals surface area contributed by atoms with Crippen molar-refractivity contribution in [2.45, 2.75) is 45.6 Å². The Balaban J connectivity index is 1.82. The summed E-state index contributed by atoms with van der Waals surface area (Å²) in [6.45, 7) is 4.16. The average molecular weight is 317 g/mol. The van der Waals surface area contributed by atoms with Crippen molar-refractivity contribution in [3.8, 4) is 0 Å². The molecule has 1 aromatic carbocycles. The van der Waals surface area contributed by atoms with Gasteiger partial charge < -0.3 is 5.32 Å². The lowest BCUT2D eigenvalue weighted by Gasteiger charge is -2.27. The Kier molecular flexibility index (Phi) is 4.34. The van der Waals surface area contributed by atoms with E-state index in [2.05, 4.69) is 17.2 Å². The van der Waals surface area contributed by atoms with Crippen molar-refractivity contribution in [3.05, 3.63) is 40.5 Å². The van der Waals surface area contributed by atoms with Crippen LogP contribution in [0.4, 0.5) is 0 Å².